The molecule has 0 atom stereocenters. The molecule has 0 heterocycles. The van der Waals surface area contributed by atoms with Crippen LogP contribution in [-0.2, 0) is 0 Å². The summed E-state index contributed by atoms with van der Waals surface area (Å²) in [5.74, 6) is 5.60. The van der Waals surface area contributed by atoms with Crippen molar-refractivity contribution >= 4 is 0 Å². The summed E-state index contributed by atoms with van der Waals surface area (Å²) < 4.78 is 0. The molecule has 0 aliphatic rings. The third-order valence-electron chi connectivity index (χ3n) is 0.564. The Morgan fingerprint density at radius 3 is 2.57 bits per heavy atom. The highest BCUT2D eigenvalue weighted by Crippen LogP contribution is 1.65. The quantitative estimate of drug-likeness (QED) is 0.333. The number of hydrogen-bond donors (Lipinski definition) is 3. The van der Waals surface area contributed by atoms with E-state index in [0.717, 1.165) is 6.54 Å². The van der Waals surface area contributed by atoms with Gasteiger partial charge in [0.25, 0.3) is 0 Å². The minimum Gasteiger partial charge on any atom is -0.372 e. The molecule has 0 fully saturated rings. The molecule has 0 saturated heterocycles. The van der Waals surface area contributed by atoms with Crippen LogP contribution in [-0.4, -0.2) is 6.54 Å². The predicted molar refractivity (Wildman–Crippen MR) is 30.1 cm³/mol. The summed E-state index contributed by atoms with van der Waals surface area (Å²) >= 11 is 0. The largest absolute Gasteiger partial charge is 0.372 e. The topological polar surface area (TPSA) is 50.1 Å². The van der Waals surface area contributed by atoms with Crippen molar-refractivity contribution in [1.82, 2.24) is 10.7 Å². The zero-order valence-corrected chi connectivity index (χ0v) is 4.49. The lowest BCUT2D eigenvalue weighted by atomic mass is 10.7. The van der Waals surface area contributed by atoms with Crippen molar-refractivity contribution in [3.05, 3.63) is 12.4 Å². The molecule has 0 rings (SSSR count). The van der Waals surface area contributed by atoms with Crippen LogP contribution in [0.2, 0.25) is 0 Å². The summed E-state index contributed by atoms with van der Waals surface area (Å²) in [7, 11) is 0. The molecule has 0 unspecified atom stereocenters. The lowest BCUT2D eigenvalue weighted by Gasteiger charge is -2.02. The SMILES string of the molecule is C=C(NN)NCC. The Balaban J connectivity index is 3.00. The fourth-order valence-electron chi connectivity index (χ4n) is 0.264. The summed E-state index contributed by atoms with van der Waals surface area (Å²) in [6.07, 6.45) is 0. The maximum absolute atomic E-state index is 4.95. The van der Waals surface area contributed by atoms with Gasteiger partial charge in [-0.05, 0) is 6.92 Å². The highest BCUT2D eigenvalue weighted by Gasteiger charge is 1.77. The molecule has 0 saturated carbocycles. The molecule has 42 valence electrons. The Morgan fingerprint density at radius 2 is 2.43 bits per heavy atom. The van der Waals surface area contributed by atoms with Crippen LogP contribution >= 0.6 is 0 Å². The van der Waals surface area contributed by atoms with Crippen molar-refractivity contribution in [3.63, 3.8) is 0 Å². The molecular weight excluding hydrogens is 90.1 g/mol. The van der Waals surface area contributed by atoms with Gasteiger partial charge in [0, 0.05) is 6.54 Å². The first kappa shape index (κ1) is 6.30. The minimum atomic E-state index is 0.655. The highest BCUT2D eigenvalue weighted by molar-refractivity contribution is 4.83. The van der Waals surface area contributed by atoms with Gasteiger partial charge in [0.2, 0.25) is 0 Å². The average molecular weight is 101 g/mol. The van der Waals surface area contributed by atoms with E-state index in [2.05, 4.69) is 17.3 Å². The molecule has 0 spiro atoms. The van der Waals surface area contributed by atoms with Crippen molar-refractivity contribution in [3.8, 4) is 0 Å². The second kappa shape index (κ2) is 3.49. The normalized spacial score (nSPS) is 7.71. The van der Waals surface area contributed by atoms with E-state index in [9.17, 15) is 0 Å². The lowest BCUT2D eigenvalue weighted by Crippen LogP contribution is -2.30. The van der Waals surface area contributed by atoms with Crippen LogP contribution in [0.25, 0.3) is 0 Å². The highest BCUT2D eigenvalue weighted by atomic mass is 15.3. The molecule has 0 amide bonds. The van der Waals surface area contributed by atoms with Gasteiger partial charge in [0.15, 0.2) is 0 Å². The van der Waals surface area contributed by atoms with Crippen molar-refractivity contribution in [2.75, 3.05) is 6.54 Å². The Morgan fingerprint density at radius 1 is 1.86 bits per heavy atom. The molecule has 3 nitrogen and oxygen atoms in total. The van der Waals surface area contributed by atoms with Crippen LogP contribution < -0.4 is 16.6 Å². The molecule has 7 heavy (non-hydrogen) atoms. The molecule has 4 N–H and O–H groups in total. The van der Waals surface area contributed by atoms with Gasteiger partial charge in [-0.2, -0.15) is 0 Å². The van der Waals surface area contributed by atoms with E-state index in [4.69, 9.17) is 5.84 Å². The van der Waals surface area contributed by atoms with E-state index in [-0.39, 0.29) is 0 Å². The third-order valence-corrected chi connectivity index (χ3v) is 0.564. The summed E-state index contributed by atoms with van der Waals surface area (Å²) in [4.78, 5) is 0. The smallest absolute Gasteiger partial charge is 0.105 e. The van der Waals surface area contributed by atoms with E-state index in [0.29, 0.717) is 5.82 Å². The number of rotatable bonds is 3. The average Bonchev–Trinajstić information content (AvgIpc) is 1.68. The van der Waals surface area contributed by atoms with Gasteiger partial charge in [0.05, 0.1) is 0 Å². The van der Waals surface area contributed by atoms with Crippen LogP contribution in [0.15, 0.2) is 12.4 Å². The maximum atomic E-state index is 4.95. The molecule has 0 bridgehead atoms. The number of hydrazine groups is 1. The lowest BCUT2D eigenvalue weighted by molar-refractivity contribution is 0.734. The Labute approximate surface area is 43.6 Å². The molecule has 0 aliphatic heterocycles. The van der Waals surface area contributed by atoms with Gasteiger partial charge in [-0.1, -0.05) is 6.58 Å². The molecule has 0 aromatic carbocycles. The van der Waals surface area contributed by atoms with Gasteiger partial charge < -0.3 is 10.7 Å². The van der Waals surface area contributed by atoms with Crippen LogP contribution in [0.3, 0.4) is 0 Å². The second-order valence-electron chi connectivity index (χ2n) is 1.15. The molecule has 0 aromatic heterocycles. The standard InChI is InChI=1S/C4H11N3/c1-3-6-4(2)7-5/h6-7H,2-3,5H2,1H3. The van der Waals surface area contributed by atoms with Crippen molar-refractivity contribution < 1.29 is 0 Å². The van der Waals surface area contributed by atoms with Crippen LogP contribution in [0.4, 0.5) is 0 Å². The third kappa shape index (κ3) is 3.12. The summed E-state index contributed by atoms with van der Waals surface area (Å²) in [5, 5.41) is 2.86. The fourth-order valence-corrected chi connectivity index (χ4v) is 0.264. The van der Waals surface area contributed by atoms with Crippen LogP contribution in [0, 0.1) is 0 Å². The van der Waals surface area contributed by atoms with E-state index in [1.54, 1.807) is 0 Å². The van der Waals surface area contributed by atoms with Crippen molar-refractivity contribution in [2.45, 2.75) is 6.92 Å². The molecule has 3 heteroatoms. The van der Waals surface area contributed by atoms with E-state index in [1.807, 2.05) is 6.92 Å². The maximum Gasteiger partial charge on any atom is 0.105 e. The van der Waals surface area contributed by atoms with Gasteiger partial charge in [0.1, 0.15) is 5.82 Å². The van der Waals surface area contributed by atoms with Crippen LogP contribution in [0.1, 0.15) is 6.92 Å². The zero-order valence-electron chi connectivity index (χ0n) is 4.49. The second-order valence-corrected chi connectivity index (χ2v) is 1.15. The summed E-state index contributed by atoms with van der Waals surface area (Å²) in [6.45, 7) is 6.34. The van der Waals surface area contributed by atoms with Gasteiger partial charge in [-0.15, -0.1) is 0 Å². The number of nitrogens with one attached hydrogen (secondary N) is 2. The van der Waals surface area contributed by atoms with Gasteiger partial charge >= 0.3 is 0 Å². The van der Waals surface area contributed by atoms with Crippen molar-refractivity contribution in [1.29, 1.82) is 0 Å². The first-order valence-corrected chi connectivity index (χ1v) is 2.20. The van der Waals surface area contributed by atoms with Gasteiger partial charge in [-0.3, -0.25) is 0 Å². The monoisotopic (exact) mass is 101 g/mol. The van der Waals surface area contributed by atoms with Gasteiger partial charge in [-0.25, -0.2) is 5.84 Å². The van der Waals surface area contributed by atoms with E-state index >= 15 is 0 Å². The number of hydrogen-bond acceptors (Lipinski definition) is 3. The van der Waals surface area contributed by atoms with Crippen molar-refractivity contribution in [2.24, 2.45) is 5.84 Å². The summed E-state index contributed by atoms with van der Waals surface area (Å²) in [5.41, 5.74) is 2.36. The summed E-state index contributed by atoms with van der Waals surface area (Å²) in [6, 6.07) is 0. The number of nitrogens with two attached hydrogens (primary N) is 1. The fraction of sp³-hybridized carbons (Fsp3) is 0.500. The Bertz CT molecular complexity index is 60.0. The first-order chi connectivity index (χ1) is 3.31. The molecule has 0 aromatic rings. The molecule has 0 radical (unpaired) electrons. The predicted octanol–water partition coefficient (Wildman–Crippen LogP) is -0.470. The molecule has 0 aliphatic carbocycles. The Hall–Kier alpha value is -0.700. The minimum absolute atomic E-state index is 0.655. The first-order valence-electron chi connectivity index (χ1n) is 2.20. The van der Waals surface area contributed by atoms with E-state index < -0.39 is 0 Å². The van der Waals surface area contributed by atoms with E-state index in [1.165, 1.54) is 0 Å². The molecular formula is C4H11N3. The zero-order chi connectivity index (χ0) is 5.70. The van der Waals surface area contributed by atoms with Crippen LogP contribution in [0.5, 0.6) is 0 Å². The Kier molecular flexibility index (Phi) is 3.14.